The highest BCUT2D eigenvalue weighted by Crippen LogP contribution is 2.23. The summed E-state index contributed by atoms with van der Waals surface area (Å²) in [6.45, 7) is 3.04. The molecule has 0 N–H and O–H groups in total. The van der Waals surface area contributed by atoms with E-state index in [0.717, 1.165) is 29.2 Å². The molecule has 0 aliphatic carbocycles. The Balaban J connectivity index is 2.48. The number of likely N-dealkylation sites (N-methyl/N-ethyl adjacent to an activating group) is 1. The van der Waals surface area contributed by atoms with Gasteiger partial charge in [-0.25, -0.2) is 4.98 Å². The van der Waals surface area contributed by atoms with Gasteiger partial charge in [-0.2, -0.15) is 0 Å². The number of aromatic nitrogens is 2. The molecular formula is C14H20ClN3O. The minimum absolute atomic E-state index is 0.408. The summed E-state index contributed by atoms with van der Waals surface area (Å²) < 4.78 is 7.46. The molecule has 0 saturated carbocycles. The van der Waals surface area contributed by atoms with Crippen LogP contribution in [-0.2, 0) is 12.4 Å². The topological polar surface area (TPSA) is 30.3 Å². The zero-order valence-corrected chi connectivity index (χ0v) is 12.6. The van der Waals surface area contributed by atoms with Gasteiger partial charge in [-0.15, -0.1) is 11.6 Å². The lowest BCUT2D eigenvalue weighted by molar-refractivity contribution is 0.284. The average Bonchev–Trinajstić information content (AvgIpc) is 2.75. The van der Waals surface area contributed by atoms with Crippen molar-refractivity contribution >= 4 is 22.6 Å². The normalized spacial score (nSPS) is 13.2. The highest BCUT2D eigenvalue weighted by molar-refractivity contribution is 6.16. The molecule has 104 valence electrons. The van der Waals surface area contributed by atoms with Gasteiger partial charge in [0.25, 0.3) is 0 Å². The molecule has 19 heavy (non-hydrogen) atoms. The summed E-state index contributed by atoms with van der Waals surface area (Å²) in [5.41, 5.74) is 2.03. The summed E-state index contributed by atoms with van der Waals surface area (Å²) in [7, 11) is 5.82. The zero-order chi connectivity index (χ0) is 14.0. The van der Waals surface area contributed by atoms with Crippen LogP contribution in [0.3, 0.4) is 0 Å². The van der Waals surface area contributed by atoms with Crippen LogP contribution >= 0.6 is 11.6 Å². The van der Waals surface area contributed by atoms with E-state index in [9.17, 15) is 0 Å². The Bertz CT molecular complexity index is 565. The van der Waals surface area contributed by atoms with Gasteiger partial charge in [-0.1, -0.05) is 0 Å². The number of nitrogens with zero attached hydrogens (tertiary/aromatic N) is 3. The van der Waals surface area contributed by atoms with E-state index < -0.39 is 0 Å². The van der Waals surface area contributed by atoms with Gasteiger partial charge >= 0.3 is 0 Å². The Morgan fingerprint density at radius 2 is 2.16 bits per heavy atom. The van der Waals surface area contributed by atoms with Gasteiger partial charge < -0.3 is 14.2 Å². The molecule has 1 unspecified atom stereocenters. The van der Waals surface area contributed by atoms with E-state index in [1.165, 1.54) is 0 Å². The maximum atomic E-state index is 6.01. The molecule has 0 spiro atoms. The zero-order valence-electron chi connectivity index (χ0n) is 11.9. The highest BCUT2D eigenvalue weighted by Gasteiger charge is 2.14. The molecular weight excluding hydrogens is 262 g/mol. The Labute approximate surface area is 118 Å². The van der Waals surface area contributed by atoms with Crippen molar-refractivity contribution in [2.75, 3.05) is 21.2 Å². The Morgan fingerprint density at radius 3 is 2.74 bits per heavy atom. The molecule has 2 aromatic rings. The fourth-order valence-electron chi connectivity index (χ4n) is 2.01. The van der Waals surface area contributed by atoms with Gasteiger partial charge in [0, 0.05) is 18.7 Å². The fraction of sp³-hybridized carbons (Fsp3) is 0.500. The van der Waals surface area contributed by atoms with E-state index in [1.807, 2.05) is 18.2 Å². The lowest BCUT2D eigenvalue weighted by Gasteiger charge is -2.21. The SMILES string of the molecule is COc1ccc2nc(CCl)n(CC(C)N(C)C)c2c1. The monoisotopic (exact) mass is 281 g/mol. The van der Waals surface area contributed by atoms with E-state index in [0.29, 0.717) is 11.9 Å². The lowest BCUT2D eigenvalue weighted by atomic mass is 10.2. The predicted octanol–water partition coefficient (Wildman–Crippen LogP) is 2.73. The van der Waals surface area contributed by atoms with Crippen molar-refractivity contribution < 1.29 is 4.74 Å². The van der Waals surface area contributed by atoms with Crippen LogP contribution in [0.1, 0.15) is 12.7 Å². The molecule has 0 saturated heterocycles. The number of alkyl halides is 1. The molecule has 2 rings (SSSR count). The van der Waals surface area contributed by atoms with E-state index >= 15 is 0 Å². The van der Waals surface area contributed by atoms with Crippen molar-refractivity contribution in [2.24, 2.45) is 0 Å². The van der Waals surface area contributed by atoms with Gasteiger partial charge in [0.05, 0.1) is 24.0 Å². The summed E-state index contributed by atoms with van der Waals surface area (Å²) in [6, 6.07) is 6.32. The van der Waals surface area contributed by atoms with Crippen LogP contribution < -0.4 is 4.74 Å². The number of hydrogen-bond acceptors (Lipinski definition) is 3. The van der Waals surface area contributed by atoms with E-state index in [4.69, 9.17) is 16.3 Å². The standard InChI is InChI=1S/C14H20ClN3O/c1-10(17(2)3)9-18-13-7-11(19-4)5-6-12(13)16-14(18)8-15/h5-7,10H,8-9H2,1-4H3. The van der Waals surface area contributed by atoms with Crippen LogP contribution in [0.25, 0.3) is 11.0 Å². The fourth-order valence-corrected chi connectivity index (χ4v) is 2.22. The number of imidazole rings is 1. The summed E-state index contributed by atoms with van der Waals surface area (Å²) in [6.07, 6.45) is 0. The average molecular weight is 282 g/mol. The molecule has 5 heteroatoms. The minimum atomic E-state index is 0.408. The van der Waals surface area contributed by atoms with Crippen LogP contribution in [0.15, 0.2) is 18.2 Å². The number of methoxy groups -OCH3 is 1. The Hall–Kier alpha value is -1.26. The maximum absolute atomic E-state index is 6.01. The van der Waals surface area contributed by atoms with E-state index in [2.05, 4.69) is 35.5 Å². The molecule has 1 heterocycles. The molecule has 0 fully saturated rings. The second-order valence-electron chi connectivity index (χ2n) is 4.94. The number of halogens is 1. The maximum Gasteiger partial charge on any atom is 0.124 e. The number of fused-ring (bicyclic) bond motifs is 1. The van der Waals surface area contributed by atoms with Gasteiger partial charge in [-0.3, -0.25) is 0 Å². The van der Waals surface area contributed by atoms with Gasteiger partial charge in [-0.05, 0) is 33.2 Å². The first-order chi connectivity index (χ1) is 9.06. The lowest BCUT2D eigenvalue weighted by Crippen LogP contribution is -2.29. The van der Waals surface area contributed by atoms with Crippen molar-refractivity contribution in [2.45, 2.75) is 25.4 Å². The molecule has 1 aromatic heterocycles. The smallest absolute Gasteiger partial charge is 0.124 e. The van der Waals surface area contributed by atoms with Crippen molar-refractivity contribution in [3.05, 3.63) is 24.0 Å². The molecule has 0 bridgehead atoms. The number of hydrogen-bond donors (Lipinski definition) is 0. The third-order valence-corrected chi connectivity index (χ3v) is 3.72. The molecule has 1 aromatic carbocycles. The third kappa shape index (κ3) is 2.85. The molecule has 0 amide bonds. The second-order valence-corrected chi connectivity index (χ2v) is 5.21. The van der Waals surface area contributed by atoms with Gasteiger partial charge in [0.2, 0.25) is 0 Å². The first kappa shape index (κ1) is 14.2. The number of rotatable bonds is 5. The first-order valence-corrected chi connectivity index (χ1v) is 6.85. The molecule has 0 radical (unpaired) electrons. The summed E-state index contributed by atoms with van der Waals surface area (Å²) in [5.74, 6) is 2.16. The second kappa shape index (κ2) is 5.80. The van der Waals surface area contributed by atoms with Gasteiger partial charge in [0.1, 0.15) is 11.6 Å². The molecule has 4 nitrogen and oxygen atoms in total. The number of ether oxygens (including phenoxy) is 1. The summed E-state index contributed by atoms with van der Waals surface area (Å²) in [5, 5.41) is 0. The van der Waals surface area contributed by atoms with Crippen LogP contribution in [0.5, 0.6) is 5.75 Å². The highest BCUT2D eigenvalue weighted by atomic mass is 35.5. The summed E-state index contributed by atoms with van der Waals surface area (Å²) >= 11 is 6.01. The van der Waals surface area contributed by atoms with Crippen molar-refractivity contribution in [3.8, 4) is 5.75 Å². The van der Waals surface area contributed by atoms with Crippen LogP contribution in [-0.4, -0.2) is 41.7 Å². The quantitative estimate of drug-likeness (QED) is 0.790. The largest absolute Gasteiger partial charge is 0.497 e. The molecule has 1 atom stereocenters. The molecule has 0 aliphatic heterocycles. The van der Waals surface area contributed by atoms with E-state index in [-0.39, 0.29) is 0 Å². The van der Waals surface area contributed by atoms with Crippen molar-refractivity contribution in [3.63, 3.8) is 0 Å². The van der Waals surface area contributed by atoms with Crippen molar-refractivity contribution in [1.29, 1.82) is 0 Å². The van der Waals surface area contributed by atoms with Crippen LogP contribution in [0.4, 0.5) is 0 Å². The Kier molecular flexibility index (Phi) is 4.32. The summed E-state index contributed by atoms with van der Waals surface area (Å²) in [4.78, 5) is 6.76. The van der Waals surface area contributed by atoms with Gasteiger partial charge in [0.15, 0.2) is 0 Å². The third-order valence-electron chi connectivity index (χ3n) is 3.48. The molecule has 0 aliphatic rings. The minimum Gasteiger partial charge on any atom is -0.497 e. The Morgan fingerprint density at radius 1 is 1.42 bits per heavy atom. The van der Waals surface area contributed by atoms with Crippen LogP contribution in [0.2, 0.25) is 0 Å². The predicted molar refractivity (Wildman–Crippen MR) is 79.0 cm³/mol. The van der Waals surface area contributed by atoms with E-state index in [1.54, 1.807) is 7.11 Å². The number of benzene rings is 1. The first-order valence-electron chi connectivity index (χ1n) is 6.32. The van der Waals surface area contributed by atoms with Crippen molar-refractivity contribution in [1.82, 2.24) is 14.5 Å². The van der Waals surface area contributed by atoms with Crippen LogP contribution in [0, 0.1) is 0 Å².